The average molecular weight is 275 g/mol. The Bertz CT molecular complexity index is 590. The second-order valence-electron chi connectivity index (χ2n) is 4.41. The Balaban J connectivity index is 2.03. The number of carboxylic acids is 1. The summed E-state index contributed by atoms with van der Waals surface area (Å²) in [6.07, 6.45) is 1.07. The third-order valence-electron chi connectivity index (χ3n) is 2.99. The van der Waals surface area contributed by atoms with Crippen molar-refractivity contribution < 1.29 is 9.90 Å². The molecule has 0 aliphatic heterocycles. The van der Waals surface area contributed by atoms with Crippen LogP contribution in [-0.4, -0.2) is 11.1 Å². The van der Waals surface area contributed by atoms with E-state index in [1.807, 2.05) is 30.4 Å². The van der Waals surface area contributed by atoms with Gasteiger partial charge in [0.1, 0.15) is 0 Å². The summed E-state index contributed by atoms with van der Waals surface area (Å²) in [5.74, 6) is -0.880. The van der Waals surface area contributed by atoms with Gasteiger partial charge in [-0.05, 0) is 49.2 Å². The molecule has 0 aliphatic rings. The van der Waals surface area contributed by atoms with Gasteiger partial charge < -0.3 is 10.4 Å². The molecular formula is C15H17NO2S. The van der Waals surface area contributed by atoms with Crippen LogP contribution in [0.1, 0.15) is 32.6 Å². The number of hydrogen-bond donors (Lipinski definition) is 2. The highest BCUT2D eigenvalue weighted by molar-refractivity contribution is 7.12. The Morgan fingerprint density at radius 3 is 2.58 bits per heavy atom. The topological polar surface area (TPSA) is 49.3 Å². The van der Waals surface area contributed by atoms with E-state index in [0.717, 1.165) is 24.2 Å². The highest BCUT2D eigenvalue weighted by Crippen LogP contribution is 2.20. The number of benzene rings is 1. The summed E-state index contributed by atoms with van der Waals surface area (Å²) in [7, 11) is 0. The zero-order chi connectivity index (χ0) is 13.8. The van der Waals surface area contributed by atoms with E-state index >= 15 is 0 Å². The number of aryl methyl sites for hydroxylation is 2. The number of thiophene rings is 1. The van der Waals surface area contributed by atoms with E-state index in [4.69, 9.17) is 5.11 Å². The number of carboxylic acid groups (broad SMARTS) is 1. The number of nitrogens with one attached hydrogen (secondary N) is 1. The third-order valence-corrected chi connectivity index (χ3v) is 4.22. The molecule has 0 atom stereocenters. The minimum absolute atomic E-state index is 0.356. The first-order valence-electron chi connectivity index (χ1n) is 6.25. The van der Waals surface area contributed by atoms with Crippen molar-refractivity contribution in [3.05, 3.63) is 51.2 Å². The van der Waals surface area contributed by atoms with Crippen LogP contribution in [0.25, 0.3) is 0 Å². The molecule has 0 saturated heterocycles. The van der Waals surface area contributed by atoms with Gasteiger partial charge in [-0.15, -0.1) is 11.3 Å². The lowest BCUT2D eigenvalue weighted by Gasteiger charge is -2.07. The molecule has 2 N–H and O–H groups in total. The van der Waals surface area contributed by atoms with Gasteiger partial charge in [-0.3, -0.25) is 0 Å². The molecule has 0 fully saturated rings. The predicted octanol–water partition coefficient (Wildman–Crippen LogP) is 3.93. The summed E-state index contributed by atoms with van der Waals surface area (Å²) in [5.41, 5.74) is 2.09. The van der Waals surface area contributed by atoms with Crippen LogP contribution in [0.4, 0.5) is 5.69 Å². The van der Waals surface area contributed by atoms with Gasteiger partial charge in [-0.2, -0.15) is 0 Å². The maximum Gasteiger partial charge on any atom is 0.335 e. The summed E-state index contributed by atoms with van der Waals surface area (Å²) in [5, 5.41) is 12.3. The van der Waals surface area contributed by atoms with Crippen LogP contribution in [0.15, 0.2) is 30.3 Å². The van der Waals surface area contributed by atoms with Crippen molar-refractivity contribution in [2.24, 2.45) is 0 Å². The molecule has 1 aromatic heterocycles. The molecule has 3 nitrogen and oxygen atoms in total. The molecule has 100 valence electrons. The van der Waals surface area contributed by atoms with E-state index in [0.29, 0.717) is 5.56 Å². The van der Waals surface area contributed by atoms with Crippen molar-refractivity contribution in [1.82, 2.24) is 0 Å². The van der Waals surface area contributed by atoms with Crippen LogP contribution in [0.2, 0.25) is 0 Å². The van der Waals surface area contributed by atoms with Gasteiger partial charge in [0.15, 0.2) is 0 Å². The van der Waals surface area contributed by atoms with Gasteiger partial charge in [0.2, 0.25) is 0 Å². The summed E-state index contributed by atoms with van der Waals surface area (Å²) in [6.45, 7) is 4.74. The first-order chi connectivity index (χ1) is 9.10. The second-order valence-corrected chi connectivity index (χ2v) is 5.66. The third kappa shape index (κ3) is 3.35. The second kappa shape index (κ2) is 5.89. The summed E-state index contributed by atoms with van der Waals surface area (Å²) < 4.78 is 0. The number of rotatable bonds is 5. The fourth-order valence-electron chi connectivity index (χ4n) is 1.91. The predicted molar refractivity (Wildman–Crippen MR) is 79.2 cm³/mol. The molecule has 2 rings (SSSR count). The Kier molecular flexibility index (Phi) is 4.22. The molecule has 0 unspecified atom stereocenters. The van der Waals surface area contributed by atoms with Crippen molar-refractivity contribution in [1.29, 1.82) is 0 Å². The lowest BCUT2D eigenvalue weighted by atomic mass is 10.1. The zero-order valence-electron chi connectivity index (χ0n) is 11.1. The van der Waals surface area contributed by atoms with Crippen LogP contribution >= 0.6 is 11.3 Å². The molecule has 19 heavy (non-hydrogen) atoms. The van der Waals surface area contributed by atoms with Gasteiger partial charge in [0, 0.05) is 22.0 Å². The van der Waals surface area contributed by atoms with Gasteiger partial charge >= 0.3 is 5.97 Å². The highest BCUT2D eigenvalue weighted by Gasteiger charge is 2.07. The largest absolute Gasteiger partial charge is 0.478 e. The molecule has 0 bridgehead atoms. The van der Waals surface area contributed by atoms with E-state index in [1.54, 1.807) is 6.07 Å². The van der Waals surface area contributed by atoms with Gasteiger partial charge in [0.05, 0.1) is 5.56 Å². The van der Waals surface area contributed by atoms with Crippen LogP contribution in [0, 0.1) is 6.92 Å². The highest BCUT2D eigenvalue weighted by atomic mass is 32.1. The standard InChI is InChI=1S/C15H17NO2S/c1-3-12-5-6-13(19-12)9-16-11-4-7-14(15(17)18)10(2)8-11/h4-8,16H,3,9H2,1-2H3,(H,17,18). The van der Waals surface area contributed by atoms with Crippen molar-refractivity contribution in [3.8, 4) is 0 Å². The lowest BCUT2D eigenvalue weighted by molar-refractivity contribution is 0.0696. The number of hydrogen-bond acceptors (Lipinski definition) is 3. The van der Waals surface area contributed by atoms with Gasteiger partial charge in [-0.25, -0.2) is 4.79 Å². The van der Waals surface area contributed by atoms with E-state index in [2.05, 4.69) is 24.4 Å². The maximum atomic E-state index is 10.9. The minimum Gasteiger partial charge on any atom is -0.478 e. The van der Waals surface area contributed by atoms with Gasteiger partial charge in [-0.1, -0.05) is 6.92 Å². The molecule has 0 radical (unpaired) electrons. The molecule has 4 heteroatoms. The Labute approximate surface area is 116 Å². The maximum absolute atomic E-state index is 10.9. The quantitative estimate of drug-likeness (QED) is 0.869. The molecule has 2 aromatic rings. The molecule has 0 spiro atoms. The van der Waals surface area contributed by atoms with Crippen LogP contribution in [-0.2, 0) is 13.0 Å². The van der Waals surface area contributed by atoms with Crippen LogP contribution in [0.5, 0.6) is 0 Å². The Morgan fingerprint density at radius 2 is 2.00 bits per heavy atom. The normalized spacial score (nSPS) is 10.4. The molecular weight excluding hydrogens is 258 g/mol. The summed E-state index contributed by atoms with van der Waals surface area (Å²) in [6, 6.07) is 9.61. The SMILES string of the molecule is CCc1ccc(CNc2ccc(C(=O)O)c(C)c2)s1. The number of carbonyl (C=O) groups is 1. The van der Waals surface area contributed by atoms with E-state index in [9.17, 15) is 4.79 Å². The monoisotopic (exact) mass is 275 g/mol. The van der Waals surface area contributed by atoms with Crippen molar-refractivity contribution in [3.63, 3.8) is 0 Å². The summed E-state index contributed by atoms with van der Waals surface area (Å²) >= 11 is 1.81. The fourth-order valence-corrected chi connectivity index (χ4v) is 2.81. The van der Waals surface area contributed by atoms with Gasteiger partial charge in [0.25, 0.3) is 0 Å². The van der Waals surface area contributed by atoms with Crippen LogP contribution < -0.4 is 5.32 Å². The molecule has 0 aliphatic carbocycles. The van der Waals surface area contributed by atoms with E-state index in [-0.39, 0.29) is 0 Å². The molecule has 1 heterocycles. The van der Waals surface area contributed by atoms with E-state index in [1.165, 1.54) is 9.75 Å². The molecule has 1 aromatic carbocycles. The molecule has 0 amide bonds. The van der Waals surface area contributed by atoms with Crippen LogP contribution in [0.3, 0.4) is 0 Å². The Hall–Kier alpha value is -1.81. The number of aromatic carboxylic acids is 1. The molecule has 0 saturated carbocycles. The van der Waals surface area contributed by atoms with Crippen molar-refractivity contribution >= 4 is 23.0 Å². The summed E-state index contributed by atoms with van der Waals surface area (Å²) in [4.78, 5) is 13.6. The zero-order valence-corrected chi connectivity index (χ0v) is 11.9. The Morgan fingerprint density at radius 1 is 1.26 bits per heavy atom. The lowest BCUT2D eigenvalue weighted by Crippen LogP contribution is -2.02. The first kappa shape index (κ1) is 13.6. The smallest absolute Gasteiger partial charge is 0.335 e. The minimum atomic E-state index is -0.880. The van der Waals surface area contributed by atoms with Crippen molar-refractivity contribution in [2.75, 3.05) is 5.32 Å². The average Bonchev–Trinajstić information content (AvgIpc) is 2.84. The van der Waals surface area contributed by atoms with E-state index < -0.39 is 5.97 Å². The fraction of sp³-hybridized carbons (Fsp3) is 0.267. The van der Waals surface area contributed by atoms with Crippen molar-refractivity contribution in [2.45, 2.75) is 26.8 Å². The number of anilines is 1. The first-order valence-corrected chi connectivity index (χ1v) is 7.07.